The summed E-state index contributed by atoms with van der Waals surface area (Å²) in [4.78, 5) is 25.6. The van der Waals surface area contributed by atoms with Crippen LogP contribution in [0.2, 0.25) is 0 Å². The van der Waals surface area contributed by atoms with Gasteiger partial charge in [0, 0.05) is 6.42 Å². The summed E-state index contributed by atoms with van der Waals surface area (Å²) in [6, 6.07) is -0.887. The van der Waals surface area contributed by atoms with Crippen LogP contribution in [0.1, 0.15) is 386 Å². The Morgan fingerprint density at radius 1 is 0.417 bits per heavy atom. The molecular weight excluding hydrogens is 1060 g/mol. The fraction of sp³-hybridized carbons (Fsp3) is 0.907. The van der Waals surface area contributed by atoms with Crippen LogP contribution in [0.3, 0.4) is 0 Å². The number of carbonyl (C=O) groups excluding carboxylic acids is 1. The Kier molecular flexibility index (Phi) is 65.1. The second-order valence-corrected chi connectivity index (χ2v) is 28.4. The summed E-state index contributed by atoms with van der Waals surface area (Å²) in [5, 5.41) is 14.0. The SMILES string of the molecule is CCCCCCCCCCCCCCCCC/C=C\C/C=C\CCCCCCCCCCCCCCCCCCCC(=O)NC(COP(=O)([O-])OCC[N+](C)(C)C)C(O)/C=C/CCCCCCCCCCCCCCCCCCCCCCC. The number of quaternary nitrogens is 1. The Bertz CT molecular complexity index is 1460. The number of phosphoric acid groups is 1. The number of phosphoric ester groups is 1. The van der Waals surface area contributed by atoms with Crippen molar-refractivity contribution < 1.29 is 32.9 Å². The van der Waals surface area contributed by atoms with E-state index in [0.29, 0.717) is 17.4 Å². The molecule has 0 saturated carbocycles. The molecular formula is C75H147N2O6P. The van der Waals surface area contributed by atoms with E-state index in [2.05, 4.69) is 43.5 Å². The van der Waals surface area contributed by atoms with E-state index >= 15 is 0 Å². The molecule has 2 N–H and O–H groups in total. The average molecular weight is 1200 g/mol. The molecule has 8 nitrogen and oxygen atoms in total. The van der Waals surface area contributed by atoms with E-state index < -0.39 is 20.0 Å². The van der Waals surface area contributed by atoms with Gasteiger partial charge in [0.25, 0.3) is 7.82 Å². The van der Waals surface area contributed by atoms with Gasteiger partial charge in [0.2, 0.25) is 5.91 Å². The summed E-state index contributed by atoms with van der Waals surface area (Å²) in [5.41, 5.74) is 0. The van der Waals surface area contributed by atoms with Gasteiger partial charge in [0.1, 0.15) is 13.2 Å². The lowest BCUT2D eigenvalue weighted by Crippen LogP contribution is -2.45. The smallest absolute Gasteiger partial charge is 0.268 e. The van der Waals surface area contributed by atoms with Crippen LogP contribution in [0.15, 0.2) is 36.5 Å². The second kappa shape index (κ2) is 66.1. The number of likely N-dealkylation sites (N-methyl/N-ethyl adjacent to an activating group) is 1. The van der Waals surface area contributed by atoms with Crippen LogP contribution in [-0.4, -0.2) is 68.5 Å². The van der Waals surface area contributed by atoms with Crippen molar-refractivity contribution in [3.05, 3.63) is 36.5 Å². The minimum atomic E-state index is -4.60. The maximum Gasteiger partial charge on any atom is 0.268 e. The highest BCUT2D eigenvalue weighted by molar-refractivity contribution is 7.45. The van der Waals surface area contributed by atoms with Gasteiger partial charge in [-0.05, 0) is 51.4 Å². The highest BCUT2D eigenvalue weighted by atomic mass is 31.2. The lowest BCUT2D eigenvalue weighted by atomic mass is 10.0. The number of amides is 1. The fourth-order valence-electron chi connectivity index (χ4n) is 11.5. The molecule has 0 rings (SSSR count). The molecule has 0 fully saturated rings. The van der Waals surface area contributed by atoms with E-state index in [4.69, 9.17) is 9.05 Å². The van der Waals surface area contributed by atoms with Crippen molar-refractivity contribution in [2.75, 3.05) is 40.9 Å². The maximum atomic E-state index is 13.0. The van der Waals surface area contributed by atoms with Gasteiger partial charge in [0.05, 0.1) is 39.9 Å². The standard InChI is InChI=1S/C75H147N2O6P/c1-6-8-10-12-14-16-18-20-22-24-26-28-30-31-32-33-34-35-36-37-38-39-40-41-42-43-44-45-47-49-51-53-55-57-59-61-63-65-67-69-75(79)76-73(72-83-84(80,81)82-71-70-77(3,4)5)74(78)68-66-64-62-60-58-56-54-52-50-48-46-29-27-25-23-21-19-17-15-13-11-9-7-2/h34-35,37-38,66,68,73-74,78H,6-33,36,39-65,67,69-72H2,1-5H3,(H-,76,79,80,81)/b35-34-,38-37-,68-66+. The molecule has 0 aromatic rings. The van der Waals surface area contributed by atoms with Crippen molar-refractivity contribution >= 4 is 13.7 Å². The molecule has 0 aromatic heterocycles. The van der Waals surface area contributed by atoms with E-state index in [1.54, 1.807) is 6.08 Å². The average Bonchev–Trinajstić information content (AvgIpc) is 3.56. The lowest BCUT2D eigenvalue weighted by Gasteiger charge is -2.29. The first-order valence-electron chi connectivity index (χ1n) is 37.4. The molecule has 84 heavy (non-hydrogen) atoms. The van der Waals surface area contributed by atoms with E-state index in [-0.39, 0.29) is 19.1 Å². The molecule has 3 atom stereocenters. The zero-order valence-corrected chi connectivity index (χ0v) is 58.0. The molecule has 0 radical (unpaired) electrons. The first-order chi connectivity index (χ1) is 41.0. The van der Waals surface area contributed by atoms with Crippen molar-refractivity contribution in [3.63, 3.8) is 0 Å². The molecule has 9 heteroatoms. The van der Waals surface area contributed by atoms with Gasteiger partial charge in [-0.2, -0.15) is 0 Å². The quantitative estimate of drug-likeness (QED) is 0.0272. The minimum Gasteiger partial charge on any atom is -0.756 e. The molecule has 0 aromatic carbocycles. The van der Waals surface area contributed by atoms with Crippen molar-refractivity contribution in [1.82, 2.24) is 5.32 Å². The number of carbonyl (C=O) groups is 1. The molecule has 0 aliphatic rings. The van der Waals surface area contributed by atoms with Crippen LogP contribution in [-0.2, 0) is 18.4 Å². The van der Waals surface area contributed by atoms with Gasteiger partial charge in [-0.3, -0.25) is 9.36 Å². The summed E-state index contributed by atoms with van der Waals surface area (Å²) < 4.78 is 23.5. The largest absolute Gasteiger partial charge is 0.756 e. The van der Waals surface area contributed by atoms with Crippen LogP contribution >= 0.6 is 7.82 Å². The number of hydrogen-bond donors (Lipinski definition) is 2. The highest BCUT2D eigenvalue weighted by Gasteiger charge is 2.23. The summed E-state index contributed by atoms with van der Waals surface area (Å²) in [5.74, 6) is -0.190. The minimum absolute atomic E-state index is 0.000793. The van der Waals surface area contributed by atoms with Gasteiger partial charge >= 0.3 is 0 Å². The number of aliphatic hydroxyl groups is 1. The number of nitrogens with one attached hydrogen (secondary N) is 1. The summed E-state index contributed by atoms with van der Waals surface area (Å²) >= 11 is 0. The number of nitrogens with zero attached hydrogens (tertiary/aromatic N) is 1. The van der Waals surface area contributed by atoms with Crippen molar-refractivity contribution in [2.45, 2.75) is 398 Å². The number of hydrogen-bond acceptors (Lipinski definition) is 6. The number of aliphatic hydroxyl groups excluding tert-OH is 1. The highest BCUT2D eigenvalue weighted by Crippen LogP contribution is 2.38. The van der Waals surface area contributed by atoms with E-state index in [1.165, 1.54) is 321 Å². The monoisotopic (exact) mass is 1200 g/mol. The third-order valence-corrected chi connectivity index (χ3v) is 18.3. The number of unbranched alkanes of at least 4 members (excludes halogenated alkanes) is 53. The van der Waals surface area contributed by atoms with Gasteiger partial charge < -0.3 is 28.8 Å². The van der Waals surface area contributed by atoms with E-state index in [9.17, 15) is 19.4 Å². The Morgan fingerprint density at radius 2 is 0.690 bits per heavy atom. The van der Waals surface area contributed by atoms with Crippen molar-refractivity contribution in [1.29, 1.82) is 0 Å². The van der Waals surface area contributed by atoms with Crippen LogP contribution < -0.4 is 10.2 Å². The molecule has 0 bridgehead atoms. The van der Waals surface area contributed by atoms with Crippen molar-refractivity contribution in [2.24, 2.45) is 0 Å². The first-order valence-corrected chi connectivity index (χ1v) is 38.8. The fourth-order valence-corrected chi connectivity index (χ4v) is 12.3. The molecule has 3 unspecified atom stereocenters. The van der Waals surface area contributed by atoms with Crippen molar-refractivity contribution in [3.8, 4) is 0 Å². The predicted molar refractivity (Wildman–Crippen MR) is 367 cm³/mol. The molecule has 0 aliphatic heterocycles. The maximum absolute atomic E-state index is 13.0. The molecule has 0 heterocycles. The van der Waals surface area contributed by atoms with Crippen LogP contribution in [0.5, 0.6) is 0 Å². The number of allylic oxidation sites excluding steroid dienone is 5. The summed E-state index contributed by atoms with van der Waals surface area (Å²) in [6.45, 7) is 4.71. The molecule has 1 amide bonds. The second-order valence-electron chi connectivity index (χ2n) is 27.0. The molecule has 0 spiro atoms. The Morgan fingerprint density at radius 3 is 0.988 bits per heavy atom. The zero-order valence-electron chi connectivity index (χ0n) is 57.1. The summed E-state index contributed by atoms with van der Waals surface area (Å²) in [7, 11) is 1.28. The van der Waals surface area contributed by atoms with Gasteiger partial charge in [-0.1, -0.05) is 365 Å². The molecule has 0 saturated heterocycles. The van der Waals surface area contributed by atoms with Gasteiger partial charge in [0.15, 0.2) is 0 Å². The summed E-state index contributed by atoms with van der Waals surface area (Å²) in [6.07, 6.45) is 88.6. The van der Waals surface area contributed by atoms with E-state index in [1.807, 2.05) is 27.2 Å². The zero-order chi connectivity index (χ0) is 61.2. The molecule has 0 aliphatic carbocycles. The lowest BCUT2D eigenvalue weighted by molar-refractivity contribution is -0.870. The predicted octanol–water partition coefficient (Wildman–Crippen LogP) is 23.4. The number of rotatable bonds is 70. The Labute approximate surface area is 525 Å². The van der Waals surface area contributed by atoms with Crippen LogP contribution in [0, 0.1) is 0 Å². The van der Waals surface area contributed by atoms with Crippen LogP contribution in [0.25, 0.3) is 0 Å². The normalized spacial score (nSPS) is 13.8. The van der Waals surface area contributed by atoms with Gasteiger partial charge in [-0.25, -0.2) is 0 Å². The van der Waals surface area contributed by atoms with Gasteiger partial charge in [-0.15, -0.1) is 0 Å². The first kappa shape index (κ1) is 82.7. The topological polar surface area (TPSA) is 108 Å². The molecule has 498 valence electrons. The third-order valence-electron chi connectivity index (χ3n) is 17.3. The van der Waals surface area contributed by atoms with E-state index in [0.717, 1.165) is 44.9 Å². The Hall–Kier alpha value is -1.28. The Balaban J connectivity index is 3.96. The third kappa shape index (κ3) is 68.2. The van der Waals surface area contributed by atoms with Crippen LogP contribution in [0.4, 0.5) is 0 Å².